The third-order valence-corrected chi connectivity index (χ3v) is 3.34. The fourth-order valence-corrected chi connectivity index (χ4v) is 2.26. The number of carbonyl (C=O) groups excluding carboxylic acids is 1. The van der Waals surface area contributed by atoms with Crippen LogP contribution in [-0.2, 0) is 4.79 Å². The maximum absolute atomic E-state index is 11.7. The fraction of sp³-hybridized carbons (Fsp3) is 0.692. The summed E-state index contributed by atoms with van der Waals surface area (Å²) in [6.07, 6.45) is 8.44. The number of carboxylic acid groups (broad SMARTS) is 1. The minimum absolute atomic E-state index is 0.405. The number of rotatable bonds is 4. The largest absolute Gasteiger partial charge is 0.480 e. The summed E-state index contributed by atoms with van der Waals surface area (Å²) in [5.41, 5.74) is -1.09. The molecule has 1 rings (SSSR count). The van der Waals surface area contributed by atoms with Gasteiger partial charge < -0.3 is 15.7 Å². The molecule has 0 aliphatic heterocycles. The van der Waals surface area contributed by atoms with E-state index in [1.807, 2.05) is 13.0 Å². The lowest BCUT2D eigenvalue weighted by molar-refractivity contribution is -0.145. The minimum Gasteiger partial charge on any atom is -0.480 e. The number of hydrogen-bond donors (Lipinski definition) is 3. The van der Waals surface area contributed by atoms with Crippen LogP contribution >= 0.6 is 0 Å². The van der Waals surface area contributed by atoms with Crippen molar-refractivity contribution in [1.82, 2.24) is 10.6 Å². The van der Waals surface area contributed by atoms with Crippen LogP contribution in [0, 0.1) is 0 Å². The molecule has 1 aliphatic rings. The standard InChI is InChI=1S/C13H22N2O3/c1-2-3-10-14-12(18)15-13(11(16)17)8-6-4-5-7-9-13/h2-3H,4-10H2,1H3,(H,16,17)(H2,14,15,18)/b3-2+. The van der Waals surface area contributed by atoms with Crippen LogP contribution < -0.4 is 10.6 Å². The molecule has 1 aliphatic carbocycles. The zero-order chi connectivity index (χ0) is 13.4. The molecule has 0 unspecified atom stereocenters. The highest BCUT2D eigenvalue weighted by Crippen LogP contribution is 2.27. The molecule has 18 heavy (non-hydrogen) atoms. The number of carbonyl (C=O) groups is 2. The van der Waals surface area contributed by atoms with E-state index < -0.39 is 17.5 Å². The van der Waals surface area contributed by atoms with Gasteiger partial charge in [-0.15, -0.1) is 0 Å². The molecule has 5 heteroatoms. The molecule has 0 aromatic heterocycles. The molecular formula is C13H22N2O3. The Morgan fingerprint density at radius 2 is 1.83 bits per heavy atom. The summed E-state index contributed by atoms with van der Waals surface area (Å²) < 4.78 is 0. The van der Waals surface area contributed by atoms with Crippen molar-refractivity contribution in [1.29, 1.82) is 0 Å². The lowest BCUT2D eigenvalue weighted by atomic mass is 9.90. The predicted molar refractivity (Wildman–Crippen MR) is 69.4 cm³/mol. The highest BCUT2D eigenvalue weighted by Gasteiger charge is 2.39. The first-order valence-electron chi connectivity index (χ1n) is 6.51. The highest BCUT2D eigenvalue weighted by atomic mass is 16.4. The molecular weight excluding hydrogens is 232 g/mol. The van der Waals surface area contributed by atoms with E-state index in [4.69, 9.17) is 0 Å². The molecule has 0 heterocycles. The van der Waals surface area contributed by atoms with Gasteiger partial charge in [-0.25, -0.2) is 9.59 Å². The Bertz CT molecular complexity index is 318. The SMILES string of the molecule is C/C=C/CNC(=O)NC1(C(=O)O)CCCCCC1. The lowest BCUT2D eigenvalue weighted by Crippen LogP contribution is -2.56. The van der Waals surface area contributed by atoms with Crippen LogP contribution in [0.3, 0.4) is 0 Å². The second-order valence-corrected chi connectivity index (χ2v) is 4.71. The van der Waals surface area contributed by atoms with E-state index in [0.717, 1.165) is 25.7 Å². The summed E-state index contributed by atoms with van der Waals surface area (Å²) >= 11 is 0. The van der Waals surface area contributed by atoms with Crippen molar-refractivity contribution in [3.05, 3.63) is 12.2 Å². The summed E-state index contributed by atoms with van der Waals surface area (Å²) in [5, 5.41) is 14.7. The number of urea groups is 1. The average Bonchev–Trinajstić information content (AvgIpc) is 2.56. The quantitative estimate of drug-likeness (QED) is 0.530. The fourth-order valence-electron chi connectivity index (χ4n) is 2.26. The summed E-state index contributed by atoms with van der Waals surface area (Å²) in [6, 6.07) is -0.405. The summed E-state index contributed by atoms with van der Waals surface area (Å²) in [7, 11) is 0. The number of aliphatic carboxylic acids is 1. The molecule has 0 bridgehead atoms. The van der Waals surface area contributed by atoms with Crippen LogP contribution in [0.2, 0.25) is 0 Å². The molecule has 0 saturated heterocycles. The van der Waals surface area contributed by atoms with Crippen LogP contribution in [-0.4, -0.2) is 29.2 Å². The van der Waals surface area contributed by atoms with E-state index in [-0.39, 0.29) is 0 Å². The molecule has 0 spiro atoms. The number of nitrogens with one attached hydrogen (secondary N) is 2. The van der Waals surface area contributed by atoms with Gasteiger partial charge in [-0.3, -0.25) is 0 Å². The van der Waals surface area contributed by atoms with Crippen molar-refractivity contribution in [3.8, 4) is 0 Å². The molecule has 2 amide bonds. The van der Waals surface area contributed by atoms with Gasteiger partial charge in [0.25, 0.3) is 0 Å². The molecule has 1 saturated carbocycles. The van der Waals surface area contributed by atoms with Crippen LogP contribution in [0.4, 0.5) is 4.79 Å². The number of hydrogen-bond acceptors (Lipinski definition) is 2. The van der Waals surface area contributed by atoms with E-state index in [2.05, 4.69) is 10.6 Å². The van der Waals surface area contributed by atoms with Crippen molar-refractivity contribution in [3.63, 3.8) is 0 Å². The summed E-state index contributed by atoms with van der Waals surface area (Å²) in [5.74, 6) is -0.925. The first-order chi connectivity index (χ1) is 8.60. The van der Waals surface area contributed by atoms with Crippen molar-refractivity contribution in [2.75, 3.05) is 6.54 Å². The molecule has 102 valence electrons. The third-order valence-electron chi connectivity index (χ3n) is 3.34. The van der Waals surface area contributed by atoms with Gasteiger partial charge in [-0.1, -0.05) is 37.8 Å². The monoisotopic (exact) mass is 254 g/mol. The van der Waals surface area contributed by atoms with Crippen LogP contribution in [0.15, 0.2) is 12.2 Å². The topological polar surface area (TPSA) is 78.4 Å². The third kappa shape index (κ3) is 4.05. The van der Waals surface area contributed by atoms with Gasteiger partial charge in [0.15, 0.2) is 0 Å². The van der Waals surface area contributed by atoms with Gasteiger partial charge in [0, 0.05) is 6.54 Å². The predicted octanol–water partition coefficient (Wildman–Crippen LogP) is 2.04. The van der Waals surface area contributed by atoms with E-state index >= 15 is 0 Å². The van der Waals surface area contributed by atoms with Gasteiger partial charge in [0.05, 0.1) is 0 Å². The van der Waals surface area contributed by atoms with E-state index in [1.165, 1.54) is 0 Å². The Morgan fingerprint density at radius 1 is 1.22 bits per heavy atom. The minimum atomic E-state index is -1.09. The molecule has 0 aromatic rings. The Labute approximate surface area is 108 Å². The van der Waals surface area contributed by atoms with Crippen LogP contribution in [0.5, 0.6) is 0 Å². The van der Waals surface area contributed by atoms with Crippen LogP contribution in [0.25, 0.3) is 0 Å². The normalized spacial score (nSPS) is 19.2. The molecule has 0 atom stereocenters. The molecule has 3 N–H and O–H groups in total. The zero-order valence-electron chi connectivity index (χ0n) is 10.9. The lowest BCUT2D eigenvalue weighted by Gasteiger charge is -2.29. The smallest absolute Gasteiger partial charge is 0.329 e. The van der Waals surface area contributed by atoms with Crippen molar-refractivity contribution in [2.45, 2.75) is 51.0 Å². The Morgan fingerprint density at radius 3 is 2.33 bits per heavy atom. The van der Waals surface area contributed by atoms with Crippen molar-refractivity contribution >= 4 is 12.0 Å². The number of allylic oxidation sites excluding steroid dienone is 1. The summed E-state index contributed by atoms with van der Waals surface area (Å²) in [4.78, 5) is 23.1. The van der Waals surface area contributed by atoms with Gasteiger partial charge >= 0.3 is 12.0 Å². The zero-order valence-corrected chi connectivity index (χ0v) is 10.9. The molecule has 0 radical (unpaired) electrons. The van der Waals surface area contributed by atoms with E-state index in [0.29, 0.717) is 19.4 Å². The molecule has 5 nitrogen and oxygen atoms in total. The highest BCUT2D eigenvalue weighted by molar-refractivity contribution is 5.86. The van der Waals surface area contributed by atoms with Gasteiger partial charge in [0.1, 0.15) is 5.54 Å². The summed E-state index contributed by atoms with van der Waals surface area (Å²) in [6.45, 7) is 2.28. The maximum atomic E-state index is 11.7. The van der Waals surface area contributed by atoms with Crippen molar-refractivity contribution < 1.29 is 14.7 Å². The second-order valence-electron chi connectivity index (χ2n) is 4.71. The Kier molecular flexibility index (Phi) is 5.68. The van der Waals surface area contributed by atoms with Gasteiger partial charge in [0.2, 0.25) is 0 Å². The van der Waals surface area contributed by atoms with Crippen molar-refractivity contribution in [2.24, 2.45) is 0 Å². The maximum Gasteiger partial charge on any atom is 0.329 e. The first-order valence-corrected chi connectivity index (χ1v) is 6.51. The number of amides is 2. The van der Waals surface area contributed by atoms with Gasteiger partial charge in [-0.05, 0) is 19.8 Å². The molecule has 0 aromatic carbocycles. The Hall–Kier alpha value is -1.52. The second kappa shape index (κ2) is 7.03. The van der Waals surface area contributed by atoms with E-state index in [1.54, 1.807) is 6.08 Å². The first kappa shape index (κ1) is 14.5. The van der Waals surface area contributed by atoms with E-state index in [9.17, 15) is 14.7 Å². The van der Waals surface area contributed by atoms with Crippen LogP contribution in [0.1, 0.15) is 45.4 Å². The average molecular weight is 254 g/mol. The number of carboxylic acids is 1. The van der Waals surface area contributed by atoms with Gasteiger partial charge in [-0.2, -0.15) is 0 Å². The molecule has 1 fully saturated rings. The Balaban J connectivity index is 2.61.